The van der Waals surface area contributed by atoms with Crippen LogP contribution in [0.5, 0.6) is 0 Å². The summed E-state index contributed by atoms with van der Waals surface area (Å²) < 4.78 is 36.6. The molecular formula is C22H28FN3O6S. The number of nitrogens with zero attached hydrogens (tertiary/aromatic N) is 2. The predicted molar refractivity (Wildman–Crippen MR) is 123 cm³/mol. The van der Waals surface area contributed by atoms with E-state index in [4.69, 9.17) is 5.11 Å². The van der Waals surface area contributed by atoms with Crippen molar-refractivity contribution in [2.45, 2.75) is 44.8 Å². The average molecular weight is 482 g/mol. The minimum Gasteiger partial charge on any atom is -0.481 e. The lowest BCUT2D eigenvalue weighted by molar-refractivity contribution is -0.139. The predicted octanol–water partition coefficient (Wildman–Crippen LogP) is 2.42. The van der Waals surface area contributed by atoms with E-state index in [1.54, 1.807) is 6.08 Å². The number of rotatable bonds is 11. The van der Waals surface area contributed by atoms with Crippen LogP contribution in [0.25, 0.3) is 17.3 Å². The highest BCUT2D eigenvalue weighted by Crippen LogP contribution is 2.30. The molecule has 0 saturated heterocycles. The van der Waals surface area contributed by atoms with Gasteiger partial charge in [-0.15, -0.1) is 0 Å². The van der Waals surface area contributed by atoms with Gasteiger partial charge in [0, 0.05) is 23.8 Å². The SMILES string of the molecule is CC(C)c1nc(NCS(C)(=O)=O)nc(-c2ccc(F)cc2)c1/C=C/[C@H](O)C[C@H](O)CC(=O)O. The monoisotopic (exact) mass is 481 g/mol. The van der Waals surface area contributed by atoms with Crippen LogP contribution in [0.4, 0.5) is 10.3 Å². The highest BCUT2D eigenvalue weighted by molar-refractivity contribution is 7.90. The standard InChI is InChI=1S/C22H28FN3O6S/c1-13(2)20-18(9-8-16(27)10-17(28)11-19(29)30)21(14-4-6-15(23)7-5-14)26-22(25-20)24-12-33(3,31)32/h4-9,13,16-17,27-28H,10-12H2,1-3H3,(H,29,30)(H,24,25,26)/b9-8+/t16-,17-/m0/s1. The van der Waals surface area contributed by atoms with Gasteiger partial charge in [0.15, 0.2) is 9.84 Å². The van der Waals surface area contributed by atoms with E-state index in [0.29, 0.717) is 22.5 Å². The summed E-state index contributed by atoms with van der Waals surface area (Å²) in [5.41, 5.74) is 2.01. The number of hydrogen-bond acceptors (Lipinski definition) is 8. The molecule has 0 spiro atoms. The molecule has 4 N–H and O–H groups in total. The second kappa shape index (κ2) is 11.3. The molecule has 0 bridgehead atoms. The topological polar surface area (TPSA) is 150 Å². The summed E-state index contributed by atoms with van der Waals surface area (Å²) in [6.45, 7) is 3.75. The maximum atomic E-state index is 13.5. The third-order valence-corrected chi connectivity index (χ3v) is 5.21. The van der Waals surface area contributed by atoms with Crippen molar-refractivity contribution in [2.75, 3.05) is 17.4 Å². The number of nitrogens with one attached hydrogen (secondary N) is 1. The van der Waals surface area contributed by atoms with Crippen LogP contribution in [-0.4, -0.2) is 64.0 Å². The average Bonchev–Trinajstić information content (AvgIpc) is 2.69. The molecule has 11 heteroatoms. The van der Waals surface area contributed by atoms with E-state index in [1.165, 1.54) is 30.3 Å². The van der Waals surface area contributed by atoms with Gasteiger partial charge in [-0.2, -0.15) is 0 Å². The van der Waals surface area contributed by atoms with Crippen molar-refractivity contribution in [3.8, 4) is 11.3 Å². The Hall–Kier alpha value is -2.89. The Balaban J connectivity index is 2.51. The van der Waals surface area contributed by atoms with Gasteiger partial charge in [-0.25, -0.2) is 22.8 Å². The summed E-state index contributed by atoms with van der Waals surface area (Å²) in [7, 11) is -3.34. The fourth-order valence-corrected chi connectivity index (χ4v) is 3.43. The molecule has 9 nitrogen and oxygen atoms in total. The Morgan fingerprint density at radius 2 is 1.82 bits per heavy atom. The third kappa shape index (κ3) is 8.52. The van der Waals surface area contributed by atoms with Crippen molar-refractivity contribution in [2.24, 2.45) is 0 Å². The molecule has 2 atom stereocenters. The quantitative estimate of drug-likeness (QED) is 0.379. The number of carboxylic acid groups (broad SMARTS) is 1. The van der Waals surface area contributed by atoms with Gasteiger partial charge in [-0.1, -0.05) is 26.0 Å². The van der Waals surface area contributed by atoms with Crippen molar-refractivity contribution in [1.29, 1.82) is 0 Å². The second-order valence-corrected chi connectivity index (χ2v) is 10.2. The first-order chi connectivity index (χ1) is 15.4. The van der Waals surface area contributed by atoms with Crippen LogP contribution in [0.1, 0.15) is 43.9 Å². The van der Waals surface area contributed by atoms with Gasteiger partial charge < -0.3 is 20.6 Å². The van der Waals surface area contributed by atoms with E-state index in [9.17, 15) is 27.8 Å². The van der Waals surface area contributed by atoms with E-state index in [-0.39, 0.29) is 24.2 Å². The highest BCUT2D eigenvalue weighted by atomic mass is 32.2. The first-order valence-electron chi connectivity index (χ1n) is 10.2. The lowest BCUT2D eigenvalue weighted by Crippen LogP contribution is -2.19. The number of hydrogen-bond donors (Lipinski definition) is 4. The largest absolute Gasteiger partial charge is 0.481 e. The molecule has 0 unspecified atom stereocenters. The van der Waals surface area contributed by atoms with E-state index in [2.05, 4.69) is 15.3 Å². The van der Waals surface area contributed by atoms with Crippen molar-refractivity contribution < 1.29 is 32.9 Å². The molecular weight excluding hydrogens is 453 g/mol. The molecule has 1 heterocycles. The summed E-state index contributed by atoms with van der Waals surface area (Å²) in [6, 6.07) is 5.57. The highest BCUT2D eigenvalue weighted by Gasteiger charge is 2.19. The smallest absolute Gasteiger partial charge is 0.305 e. The molecule has 0 saturated carbocycles. The zero-order chi connectivity index (χ0) is 24.8. The van der Waals surface area contributed by atoms with Crippen molar-refractivity contribution in [1.82, 2.24) is 9.97 Å². The number of anilines is 1. The molecule has 0 aliphatic heterocycles. The zero-order valence-corrected chi connectivity index (χ0v) is 19.4. The molecule has 1 aromatic carbocycles. The van der Waals surface area contributed by atoms with Crippen molar-refractivity contribution in [3.63, 3.8) is 0 Å². The number of carboxylic acids is 1. The van der Waals surface area contributed by atoms with Crippen molar-refractivity contribution in [3.05, 3.63) is 47.4 Å². The minimum absolute atomic E-state index is 0.0815. The molecule has 33 heavy (non-hydrogen) atoms. The van der Waals surface area contributed by atoms with Crippen LogP contribution in [0.3, 0.4) is 0 Å². The number of benzene rings is 1. The first-order valence-corrected chi connectivity index (χ1v) is 12.3. The van der Waals surface area contributed by atoms with Gasteiger partial charge in [0.25, 0.3) is 0 Å². The van der Waals surface area contributed by atoms with Gasteiger partial charge in [-0.3, -0.25) is 4.79 Å². The summed E-state index contributed by atoms with van der Waals surface area (Å²) in [6.07, 6.45) is 0.999. The number of aromatic nitrogens is 2. The number of halogens is 1. The Bertz CT molecular complexity index is 1100. The van der Waals surface area contributed by atoms with Crippen LogP contribution in [0, 0.1) is 5.82 Å². The number of aliphatic hydroxyl groups excluding tert-OH is 2. The Kier molecular flexibility index (Phi) is 9.03. The molecule has 0 aliphatic rings. The molecule has 2 aromatic rings. The van der Waals surface area contributed by atoms with Gasteiger partial charge in [0.1, 0.15) is 11.7 Å². The molecule has 0 amide bonds. The van der Waals surface area contributed by atoms with E-state index >= 15 is 0 Å². The fraction of sp³-hybridized carbons (Fsp3) is 0.409. The third-order valence-electron chi connectivity index (χ3n) is 4.54. The zero-order valence-electron chi connectivity index (χ0n) is 18.6. The first kappa shape index (κ1) is 26.4. The molecule has 180 valence electrons. The molecule has 0 fully saturated rings. The summed E-state index contributed by atoms with van der Waals surface area (Å²) in [4.78, 5) is 19.6. The normalized spacial score (nSPS) is 13.9. The summed E-state index contributed by atoms with van der Waals surface area (Å²) in [5.74, 6) is -2.03. The molecule has 2 rings (SSSR count). The van der Waals surface area contributed by atoms with Gasteiger partial charge in [-0.05, 0) is 30.2 Å². The van der Waals surface area contributed by atoms with Gasteiger partial charge in [0.2, 0.25) is 5.95 Å². The maximum Gasteiger partial charge on any atom is 0.305 e. The molecule has 0 aliphatic carbocycles. The fourth-order valence-electron chi connectivity index (χ4n) is 3.04. The summed E-state index contributed by atoms with van der Waals surface area (Å²) in [5, 5.41) is 31.4. The van der Waals surface area contributed by atoms with Crippen molar-refractivity contribution >= 4 is 27.8 Å². The maximum absolute atomic E-state index is 13.5. The number of aliphatic hydroxyl groups is 2. The Morgan fingerprint density at radius 3 is 2.36 bits per heavy atom. The summed E-state index contributed by atoms with van der Waals surface area (Å²) >= 11 is 0. The number of carbonyl (C=O) groups is 1. The van der Waals surface area contributed by atoms with Crippen LogP contribution in [0.2, 0.25) is 0 Å². The van der Waals surface area contributed by atoms with Crippen LogP contribution in [-0.2, 0) is 14.6 Å². The van der Waals surface area contributed by atoms with E-state index in [0.717, 1.165) is 6.26 Å². The van der Waals surface area contributed by atoms with Gasteiger partial charge >= 0.3 is 5.97 Å². The lowest BCUT2D eigenvalue weighted by Gasteiger charge is -2.17. The molecule has 1 aromatic heterocycles. The van der Waals surface area contributed by atoms with E-state index < -0.39 is 40.3 Å². The Morgan fingerprint density at radius 1 is 1.18 bits per heavy atom. The van der Waals surface area contributed by atoms with Crippen LogP contribution < -0.4 is 5.32 Å². The van der Waals surface area contributed by atoms with Crippen LogP contribution >= 0.6 is 0 Å². The lowest BCUT2D eigenvalue weighted by atomic mass is 9.97. The van der Waals surface area contributed by atoms with Gasteiger partial charge in [0.05, 0.1) is 30.0 Å². The second-order valence-electron chi connectivity index (χ2n) is 8.02. The minimum atomic E-state index is -3.34. The van der Waals surface area contributed by atoms with Crippen LogP contribution in [0.15, 0.2) is 30.3 Å². The Labute approximate surface area is 192 Å². The molecule has 0 radical (unpaired) electrons. The van der Waals surface area contributed by atoms with E-state index in [1.807, 2.05) is 13.8 Å². The number of aliphatic carboxylic acids is 1. The number of sulfone groups is 1.